The Balaban J connectivity index is 1.78. The van der Waals surface area contributed by atoms with Crippen LogP contribution in [0.2, 0.25) is 13.1 Å². The minimum Gasteiger partial charge on any atom is -0.144 e. The first-order valence-electron chi connectivity index (χ1n) is 9.77. The van der Waals surface area contributed by atoms with Gasteiger partial charge in [-0.25, -0.2) is 0 Å². The van der Waals surface area contributed by atoms with E-state index in [0.717, 1.165) is 0 Å². The summed E-state index contributed by atoms with van der Waals surface area (Å²) >= 11 is 3.73. The van der Waals surface area contributed by atoms with Crippen LogP contribution in [-0.4, -0.2) is 8.07 Å². The largest absolute Gasteiger partial charge is 0.144 e. The quantitative estimate of drug-likeness (QED) is 0.450. The van der Waals surface area contributed by atoms with Gasteiger partial charge in [0.15, 0.2) is 0 Å². The first-order valence-corrected chi connectivity index (χ1v) is 14.5. The van der Waals surface area contributed by atoms with Gasteiger partial charge in [0.05, 0.1) is 0 Å². The monoisotopic (exact) mass is 408 g/mol. The van der Waals surface area contributed by atoms with E-state index in [1.54, 1.807) is 21.5 Å². The molecule has 0 amide bonds. The third-order valence-corrected chi connectivity index (χ3v) is 12.4. The van der Waals surface area contributed by atoms with Crippen LogP contribution in [0.15, 0.2) is 68.7 Å². The SMILES string of the molecule is CC1=C([Si](C)(C)C2=C(C)C(c3cccs3)=CC2C)C(C)C=C1c1cccs1. The van der Waals surface area contributed by atoms with Crippen LogP contribution in [0.4, 0.5) is 0 Å². The van der Waals surface area contributed by atoms with Gasteiger partial charge in [-0.05, 0) is 70.9 Å². The van der Waals surface area contributed by atoms with E-state index in [-0.39, 0.29) is 0 Å². The molecule has 2 heterocycles. The lowest BCUT2D eigenvalue weighted by Gasteiger charge is -2.33. The third-order valence-electron chi connectivity index (χ3n) is 6.28. The Morgan fingerprint density at radius 3 is 1.48 bits per heavy atom. The zero-order valence-corrected chi connectivity index (χ0v) is 19.7. The summed E-state index contributed by atoms with van der Waals surface area (Å²) in [6, 6.07) is 8.87. The van der Waals surface area contributed by atoms with E-state index in [9.17, 15) is 0 Å². The van der Waals surface area contributed by atoms with Gasteiger partial charge in [-0.3, -0.25) is 0 Å². The molecule has 0 saturated heterocycles. The Hall–Kier alpha value is -1.42. The van der Waals surface area contributed by atoms with Crippen molar-refractivity contribution in [3.05, 3.63) is 78.5 Å². The topological polar surface area (TPSA) is 0 Å². The van der Waals surface area contributed by atoms with Crippen LogP contribution in [0.1, 0.15) is 37.4 Å². The highest BCUT2D eigenvalue weighted by Gasteiger charge is 2.42. The van der Waals surface area contributed by atoms with Crippen LogP contribution in [0.3, 0.4) is 0 Å². The van der Waals surface area contributed by atoms with Crippen molar-refractivity contribution in [2.75, 3.05) is 0 Å². The molecule has 0 fully saturated rings. The number of hydrogen-bond donors (Lipinski definition) is 0. The maximum atomic E-state index is 2.58. The van der Waals surface area contributed by atoms with Gasteiger partial charge in [-0.1, -0.05) is 61.6 Å². The molecule has 2 atom stereocenters. The smallest absolute Gasteiger partial charge is 0.105 e. The van der Waals surface area contributed by atoms with E-state index in [1.807, 2.05) is 22.7 Å². The first kappa shape index (κ1) is 18.9. The Bertz CT molecular complexity index is 899. The summed E-state index contributed by atoms with van der Waals surface area (Å²) in [6.45, 7) is 14.7. The van der Waals surface area contributed by atoms with Gasteiger partial charge < -0.3 is 0 Å². The van der Waals surface area contributed by atoms with Crippen LogP contribution in [0.5, 0.6) is 0 Å². The maximum Gasteiger partial charge on any atom is 0.105 e. The lowest BCUT2D eigenvalue weighted by molar-refractivity contribution is 0.889. The Morgan fingerprint density at radius 1 is 0.741 bits per heavy atom. The van der Waals surface area contributed by atoms with Crippen LogP contribution < -0.4 is 0 Å². The number of hydrogen-bond acceptors (Lipinski definition) is 2. The highest BCUT2D eigenvalue weighted by Crippen LogP contribution is 2.49. The molecule has 0 N–H and O–H groups in total. The van der Waals surface area contributed by atoms with Crippen LogP contribution in [0, 0.1) is 11.8 Å². The molecule has 0 spiro atoms. The highest BCUT2D eigenvalue weighted by molar-refractivity contribution is 7.11. The molecule has 0 aromatic carbocycles. The summed E-state index contributed by atoms with van der Waals surface area (Å²) in [6.07, 6.45) is 5.02. The van der Waals surface area contributed by atoms with E-state index < -0.39 is 8.07 Å². The predicted octanol–water partition coefficient (Wildman–Crippen LogP) is 8.00. The average Bonchev–Trinajstić information content (AvgIpc) is 3.35. The second-order valence-corrected chi connectivity index (χ2v) is 14.6. The molecular weight excluding hydrogens is 380 g/mol. The van der Waals surface area contributed by atoms with Crippen molar-refractivity contribution in [1.82, 2.24) is 0 Å². The van der Waals surface area contributed by atoms with E-state index in [2.05, 4.69) is 88.0 Å². The fourth-order valence-electron chi connectivity index (χ4n) is 5.51. The first-order chi connectivity index (χ1) is 12.8. The Labute approximate surface area is 172 Å². The summed E-state index contributed by atoms with van der Waals surface area (Å²) in [5.74, 6) is 1.09. The molecule has 27 heavy (non-hydrogen) atoms. The fourth-order valence-corrected chi connectivity index (χ4v) is 12.0. The zero-order chi connectivity index (χ0) is 19.3. The van der Waals surface area contributed by atoms with Gasteiger partial charge >= 0.3 is 0 Å². The zero-order valence-electron chi connectivity index (χ0n) is 17.1. The van der Waals surface area contributed by atoms with Crippen molar-refractivity contribution < 1.29 is 0 Å². The van der Waals surface area contributed by atoms with Gasteiger partial charge in [-0.15, -0.1) is 22.7 Å². The van der Waals surface area contributed by atoms with Crippen LogP contribution >= 0.6 is 22.7 Å². The van der Waals surface area contributed by atoms with Crippen molar-refractivity contribution in [3.63, 3.8) is 0 Å². The molecule has 4 rings (SSSR count). The summed E-state index contributed by atoms with van der Waals surface area (Å²) < 4.78 is 0. The molecule has 0 nitrogen and oxygen atoms in total. The highest BCUT2D eigenvalue weighted by atomic mass is 32.1. The molecule has 2 aliphatic carbocycles. The van der Waals surface area contributed by atoms with Crippen molar-refractivity contribution in [3.8, 4) is 0 Å². The Morgan fingerprint density at radius 2 is 1.15 bits per heavy atom. The van der Waals surface area contributed by atoms with Crippen LogP contribution in [0.25, 0.3) is 11.1 Å². The van der Waals surface area contributed by atoms with E-state index in [4.69, 9.17) is 0 Å². The molecule has 0 radical (unpaired) electrons. The van der Waals surface area contributed by atoms with E-state index in [0.29, 0.717) is 11.8 Å². The average molecular weight is 409 g/mol. The van der Waals surface area contributed by atoms with Gasteiger partial charge in [0.2, 0.25) is 0 Å². The third kappa shape index (κ3) is 3.00. The Kier molecular flexibility index (Phi) is 4.82. The minimum absolute atomic E-state index is 0.544. The molecular formula is C24H28S2Si. The molecule has 0 aliphatic heterocycles. The van der Waals surface area contributed by atoms with Gasteiger partial charge in [0, 0.05) is 9.75 Å². The van der Waals surface area contributed by atoms with Crippen molar-refractivity contribution >= 4 is 41.9 Å². The normalized spacial score (nSPS) is 23.3. The van der Waals surface area contributed by atoms with E-state index in [1.165, 1.54) is 20.9 Å². The second-order valence-electron chi connectivity index (χ2n) is 8.39. The molecule has 0 saturated carbocycles. The van der Waals surface area contributed by atoms with Crippen LogP contribution in [-0.2, 0) is 0 Å². The van der Waals surface area contributed by atoms with Crippen molar-refractivity contribution in [2.45, 2.75) is 40.8 Å². The van der Waals surface area contributed by atoms with Gasteiger partial charge in [0.1, 0.15) is 8.07 Å². The lowest BCUT2D eigenvalue weighted by atomic mass is 10.1. The lowest BCUT2D eigenvalue weighted by Crippen LogP contribution is -2.37. The fraction of sp³-hybridized carbons (Fsp3) is 0.333. The van der Waals surface area contributed by atoms with Gasteiger partial charge in [0.25, 0.3) is 0 Å². The predicted molar refractivity (Wildman–Crippen MR) is 126 cm³/mol. The van der Waals surface area contributed by atoms with Gasteiger partial charge in [-0.2, -0.15) is 0 Å². The minimum atomic E-state index is -1.73. The maximum absolute atomic E-state index is 2.58. The number of rotatable bonds is 4. The summed E-state index contributed by atoms with van der Waals surface area (Å²) in [4.78, 5) is 2.84. The number of thiophene rings is 2. The summed E-state index contributed by atoms with van der Waals surface area (Å²) in [7, 11) is -1.73. The summed E-state index contributed by atoms with van der Waals surface area (Å²) in [5, 5.41) is 7.84. The molecule has 2 aliphatic rings. The van der Waals surface area contributed by atoms with E-state index >= 15 is 0 Å². The standard InChI is InChI=1S/C24H28S2Si/c1-15-13-19(21-9-7-11-25-21)17(3)23(15)27(5,6)24-16(2)14-20(18(24)4)22-10-8-12-26-22/h7-16H,1-6H3. The molecule has 140 valence electrons. The second kappa shape index (κ2) is 6.88. The molecule has 0 bridgehead atoms. The molecule has 2 aromatic heterocycles. The number of allylic oxidation sites excluding steroid dienone is 8. The van der Waals surface area contributed by atoms with Crippen molar-refractivity contribution in [2.24, 2.45) is 11.8 Å². The molecule has 2 aromatic rings. The molecule has 3 heteroatoms. The van der Waals surface area contributed by atoms with Crippen molar-refractivity contribution in [1.29, 1.82) is 0 Å². The molecule has 2 unspecified atom stereocenters. The summed E-state index contributed by atoms with van der Waals surface area (Å²) in [5.41, 5.74) is 6.03.